The molecule has 0 bridgehead atoms. The molecule has 0 aliphatic rings. The zero-order valence-electron chi connectivity index (χ0n) is 12.6. The summed E-state index contributed by atoms with van der Waals surface area (Å²) >= 11 is 0. The van der Waals surface area contributed by atoms with Gasteiger partial charge in [0, 0.05) is 6.42 Å². The summed E-state index contributed by atoms with van der Waals surface area (Å²) in [5.74, 6) is 0.912. The van der Waals surface area contributed by atoms with Crippen LogP contribution in [-0.2, 0) is 9.53 Å². The highest BCUT2D eigenvalue weighted by Gasteiger charge is 2.26. The number of rotatable bonds is 9. The lowest BCUT2D eigenvalue weighted by molar-refractivity contribution is -0.144. The molecule has 0 radical (unpaired) electrons. The molecule has 0 aromatic rings. The van der Waals surface area contributed by atoms with Crippen LogP contribution in [0.15, 0.2) is 0 Å². The molecule has 0 saturated heterocycles. The van der Waals surface area contributed by atoms with Crippen molar-refractivity contribution in [1.82, 2.24) is 0 Å². The van der Waals surface area contributed by atoms with Gasteiger partial charge in [0.15, 0.2) is 0 Å². The molecule has 0 fully saturated rings. The molecule has 18 heavy (non-hydrogen) atoms. The van der Waals surface area contributed by atoms with Crippen LogP contribution in [0, 0.1) is 17.8 Å². The number of unbranched alkanes of at least 4 members (excludes halogenated alkanes) is 1. The van der Waals surface area contributed by atoms with Gasteiger partial charge in [0.2, 0.25) is 0 Å². The molecule has 1 N–H and O–H groups in total. The third kappa shape index (κ3) is 7.00. The highest BCUT2D eigenvalue weighted by Crippen LogP contribution is 2.26. The average Bonchev–Trinajstić information content (AvgIpc) is 2.25. The van der Waals surface area contributed by atoms with E-state index in [-0.39, 0.29) is 11.9 Å². The lowest BCUT2D eigenvalue weighted by Gasteiger charge is -2.29. The number of carbonyl (C=O) groups is 1. The molecule has 0 aliphatic heterocycles. The van der Waals surface area contributed by atoms with E-state index < -0.39 is 6.10 Å². The largest absolute Gasteiger partial charge is 0.466 e. The quantitative estimate of drug-likeness (QED) is 0.509. The number of aliphatic hydroxyl groups is 1. The predicted octanol–water partition coefficient (Wildman–Crippen LogP) is 3.40. The summed E-state index contributed by atoms with van der Waals surface area (Å²) in [5, 5.41) is 10.2. The van der Waals surface area contributed by atoms with Gasteiger partial charge in [0.1, 0.15) is 0 Å². The lowest BCUT2D eigenvalue weighted by Crippen LogP contribution is -2.30. The molecule has 0 aliphatic carbocycles. The third-order valence-electron chi connectivity index (χ3n) is 3.39. The topological polar surface area (TPSA) is 46.5 Å². The van der Waals surface area contributed by atoms with Gasteiger partial charge in [-0.3, -0.25) is 4.79 Å². The number of ether oxygens (including phenoxy) is 1. The summed E-state index contributed by atoms with van der Waals surface area (Å²) in [6.45, 7) is 11.0. The first-order chi connectivity index (χ1) is 8.40. The van der Waals surface area contributed by atoms with Gasteiger partial charge >= 0.3 is 5.97 Å². The molecule has 3 heteroatoms. The first-order valence-electron chi connectivity index (χ1n) is 7.23. The van der Waals surface area contributed by atoms with Crippen LogP contribution in [-0.4, -0.2) is 23.8 Å². The van der Waals surface area contributed by atoms with Gasteiger partial charge in [0.05, 0.1) is 12.7 Å². The second-order valence-corrected chi connectivity index (χ2v) is 5.75. The van der Waals surface area contributed by atoms with Crippen LogP contribution in [0.25, 0.3) is 0 Å². The van der Waals surface area contributed by atoms with Gasteiger partial charge in [-0.1, -0.05) is 41.0 Å². The van der Waals surface area contributed by atoms with Gasteiger partial charge < -0.3 is 9.84 Å². The van der Waals surface area contributed by atoms with Crippen LogP contribution in [0.4, 0.5) is 0 Å². The van der Waals surface area contributed by atoms with Crippen molar-refractivity contribution in [3.05, 3.63) is 0 Å². The van der Waals surface area contributed by atoms with E-state index in [1.54, 1.807) is 0 Å². The molecule has 0 aromatic heterocycles. The average molecular weight is 258 g/mol. The second-order valence-electron chi connectivity index (χ2n) is 5.75. The van der Waals surface area contributed by atoms with Crippen LogP contribution in [0.3, 0.4) is 0 Å². The minimum Gasteiger partial charge on any atom is -0.466 e. The molecule has 0 spiro atoms. The van der Waals surface area contributed by atoms with Crippen molar-refractivity contribution >= 4 is 5.97 Å². The Morgan fingerprint density at radius 3 is 2.17 bits per heavy atom. The van der Waals surface area contributed by atoms with Crippen molar-refractivity contribution < 1.29 is 14.6 Å². The molecule has 1 atom stereocenters. The minimum atomic E-state index is -0.413. The van der Waals surface area contributed by atoms with Crippen molar-refractivity contribution in [3.8, 4) is 0 Å². The molecule has 3 nitrogen and oxygen atoms in total. The van der Waals surface area contributed by atoms with E-state index in [1.165, 1.54) is 0 Å². The summed E-state index contributed by atoms with van der Waals surface area (Å²) < 4.78 is 5.08. The molecular weight excluding hydrogens is 228 g/mol. The van der Waals surface area contributed by atoms with Crippen molar-refractivity contribution in [3.63, 3.8) is 0 Å². The van der Waals surface area contributed by atoms with Crippen LogP contribution in [0.1, 0.15) is 60.3 Å². The Hall–Kier alpha value is -0.570. The summed E-state index contributed by atoms with van der Waals surface area (Å²) in [5.41, 5.74) is 0. The van der Waals surface area contributed by atoms with E-state index in [0.29, 0.717) is 31.3 Å². The van der Waals surface area contributed by atoms with Crippen molar-refractivity contribution in [2.75, 3.05) is 6.61 Å². The number of esters is 1. The van der Waals surface area contributed by atoms with Crippen molar-refractivity contribution in [2.45, 2.75) is 66.4 Å². The standard InChI is InChI=1S/C15H30O3/c1-6-7-10-18-14(17)9-8-13(16)15(11(2)3)12(4)5/h11-13,15-16H,6-10H2,1-5H3. The normalized spacial score (nSPS) is 13.4. The van der Waals surface area contributed by atoms with Crippen LogP contribution < -0.4 is 0 Å². The van der Waals surface area contributed by atoms with Gasteiger partial charge in [-0.2, -0.15) is 0 Å². The third-order valence-corrected chi connectivity index (χ3v) is 3.39. The summed E-state index contributed by atoms with van der Waals surface area (Å²) in [6, 6.07) is 0. The van der Waals surface area contributed by atoms with Gasteiger partial charge in [-0.05, 0) is 30.6 Å². The molecule has 0 rings (SSSR count). The molecule has 0 aromatic carbocycles. The predicted molar refractivity (Wildman–Crippen MR) is 74.3 cm³/mol. The maximum atomic E-state index is 11.5. The van der Waals surface area contributed by atoms with E-state index in [9.17, 15) is 9.90 Å². The molecule has 1 unspecified atom stereocenters. The number of hydrogen-bond acceptors (Lipinski definition) is 3. The zero-order valence-corrected chi connectivity index (χ0v) is 12.6. The minimum absolute atomic E-state index is 0.186. The van der Waals surface area contributed by atoms with Crippen LogP contribution >= 0.6 is 0 Å². The highest BCUT2D eigenvalue weighted by atomic mass is 16.5. The summed E-state index contributed by atoms with van der Waals surface area (Å²) in [7, 11) is 0. The Morgan fingerprint density at radius 1 is 1.17 bits per heavy atom. The van der Waals surface area contributed by atoms with E-state index in [0.717, 1.165) is 12.8 Å². The first kappa shape index (κ1) is 17.4. The van der Waals surface area contributed by atoms with E-state index >= 15 is 0 Å². The zero-order chi connectivity index (χ0) is 14.1. The summed E-state index contributed by atoms with van der Waals surface area (Å²) in [4.78, 5) is 11.5. The SMILES string of the molecule is CCCCOC(=O)CCC(O)C(C(C)C)C(C)C. The van der Waals surface area contributed by atoms with Crippen molar-refractivity contribution in [1.29, 1.82) is 0 Å². The van der Waals surface area contributed by atoms with E-state index in [1.807, 2.05) is 0 Å². The Kier molecular flexibility index (Phi) is 9.08. The number of hydrogen-bond donors (Lipinski definition) is 1. The molecular formula is C15H30O3. The Morgan fingerprint density at radius 2 is 1.72 bits per heavy atom. The molecule has 0 amide bonds. The fraction of sp³-hybridized carbons (Fsp3) is 0.933. The maximum absolute atomic E-state index is 11.5. The van der Waals surface area contributed by atoms with E-state index in [2.05, 4.69) is 34.6 Å². The van der Waals surface area contributed by atoms with Gasteiger partial charge in [-0.25, -0.2) is 0 Å². The Bertz CT molecular complexity index is 216. The highest BCUT2D eigenvalue weighted by molar-refractivity contribution is 5.69. The molecule has 0 saturated carbocycles. The van der Waals surface area contributed by atoms with Crippen LogP contribution in [0.2, 0.25) is 0 Å². The molecule has 108 valence electrons. The van der Waals surface area contributed by atoms with Gasteiger partial charge in [-0.15, -0.1) is 0 Å². The first-order valence-corrected chi connectivity index (χ1v) is 7.23. The molecule has 0 heterocycles. The smallest absolute Gasteiger partial charge is 0.305 e. The Labute approximate surface area is 112 Å². The summed E-state index contributed by atoms with van der Waals surface area (Å²) in [6.07, 6.45) is 2.35. The van der Waals surface area contributed by atoms with Crippen molar-refractivity contribution in [2.24, 2.45) is 17.8 Å². The fourth-order valence-electron chi connectivity index (χ4n) is 2.52. The lowest BCUT2D eigenvalue weighted by atomic mass is 9.80. The monoisotopic (exact) mass is 258 g/mol. The fourth-order valence-corrected chi connectivity index (χ4v) is 2.52. The van der Waals surface area contributed by atoms with Crippen LogP contribution in [0.5, 0.6) is 0 Å². The van der Waals surface area contributed by atoms with Gasteiger partial charge in [0.25, 0.3) is 0 Å². The second kappa shape index (κ2) is 9.37. The Balaban J connectivity index is 3.99. The number of carbonyl (C=O) groups excluding carboxylic acids is 1. The maximum Gasteiger partial charge on any atom is 0.305 e. The number of aliphatic hydroxyl groups excluding tert-OH is 1. The van der Waals surface area contributed by atoms with E-state index in [4.69, 9.17) is 4.74 Å².